The topological polar surface area (TPSA) is 85.1 Å². The van der Waals surface area contributed by atoms with E-state index in [2.05, 4.69) is 10.3 Å². The van der Waals surface area contributed by atoms with Crippen LogP contribution in [0.3, 0.4) is 0 Å². The van der Waals surface area contributed by atoms with Crippen molar-refractivity contribution in [2.75, 3.05) is 0 Å². The fourth-order valence-electron chi connectivity index (χ4n) is 1.88. The molecule has 7 heteroatoms. The van der Waals surface area contributed by atoms with Crippen LogP contribution in [0.5, 0.6) is 0 Å². The third kappa shape index (κ3) is 3.35. The molecule has 0 saturated carbocycles. The molecule has 1 amide bonds. The van der Waals surface area contributed by atoms with Gasteiger partial charge in [0, 0.05) is 6.20 Å². The fraction of sp³-hybridized carbons (Fsp3) is 0.143. The Morgan fingerprint density at radius 3 is 2.62 bits per heavy atom. The number of nitrogens with one attached hydrogen (secondary N) is 1. The summed E-state index contributed by atoms with van der Waals surface area (Å²) in [6, 6.07) is 10.3. The van der Waals surface area contributed by atoms with Gasteiger partial charge in [-0.3, -0.25) is 14.9 Å². The number of amides is 1. The van der Waals surface area contributed by atoms with Crippen molar-refractivity contribution in [3.8, 4) is 0 Å². The predicted molar refractivity (Wildman–Crippen MR) is 78.2 cm³/mol. The van der Waals surface area contributed by atoms with Gasteiger partial charge in [-0.05, 0) is 18.6 Å². The van der Waals surface area contributed by atoms with Crippen LogP contribution in [-0.2, 0) is 0 Å². The van der Waals surface area contributed by atoms with Crippen molar-refractivity contribution in [3.63, 3.8) is 0 Å². The van der Waals surface area contributed by atoms with Gasteiger partial charge in [-0.2, -0.15) is 0 Å². The normalized spacial score (nSPS) is 11.7. The second-order valence-electron chi connectivity index (χ2n) is 4.36. The Morgan fingerprint density at radius 2 is 2.00 bits per heavy atom. The first kappa shape index (κ1) is 14.9. The third-order valence-electron chi connectivity index (χ3n) is 2.95. The average Bonchev–Trinajstić information content (AvgIpc) is 2.47. The lowest BCUT2D eigenvalue weighted by molar-refractivity contribution is -0.385. The molecular weight excluding hydrogens is 294 g/mol. The summed E-state index contributed by atoms with van der Waals surface area (Å²) in [5, 5.41) is 13.4. The van der Waals surface area contributed by atoms with Gasteiger partial charge in [0.2, 0.25) is 5.15 Å². The molecule has 2 rings (SSSR count). The maximum absolute atomic E-state index is 12.2. The zero-order valence-electron chi connectivity index (χ0n) is 11.1. The van der Waals surface area contributed by atoms with Crippen LogP contribution in [0.15, 0.2) is 42.6 Å². The minimum Gasteiger partial charge on any atom is -0.345 e. The van der Waals surface area contributed by atoms with Crippen molar-refractivity contribution in [2.45, 2.75) is 13.0 Å². The van der Waals surface area contributed by atoms with E-state index in [0.29, 0.717) is 0 Å². The van der Waals surface area contributed by atoms with Gasteiger partial charge in [-0.25, -0.2) is 4.98 Å². The van der Waals surface area contributed by atoms with E-state index in [1.165, 1.54) is 12.3 Å². The lowest BCUT2D eigenvalue weighted by atomic mass is 10.1. The summed E-state index contributed by atoms with van der Waals surface area (Å²) in [4.78, 5) is 26.1. The lowest BCUT2D eigenvalue weighted by Crippen LogP contribution is -2.27. The average molecular weight is 306 g/mol. The van der Waals surface area contributed by atoms with Gasteiger partial charge in [-0.15, -0.1) is 0 Å². The first-order chi connectivity index (χ1) is 10.0. The number of nitrogens with zero attached hydrogens (tertiary/aromatic N) is 2. The molecule has 2 aromatic rings. The Bertz CT molecular complexity index is 676. The highest BCUT2D eigenvalue weighted by molar-refractivity contribution is 6.32. The molecule has 1 aromatic carbocycles. The van der Waals surface area contributed by atoms with Crippen LogP contribution in [-0.4, -0.2) is 15.8 Å². The first-order valence-electron chi connectivity index (χ1n) is 6.15. The fourth-order valence-corrected chi connectivity index (χ4v) is 2.11. The number of pyridine rings is 1. The lowest BCUT2D eigenvalue weighted by Gasteiger charge is -2.14. The minimum absolute atomic E-state index is 0.109. The van der Waals surface area contributed by atoms with Gasteiger partial charge in [0.1, 0.15) is 5.56 Å². The van der Waals surface area contributed by atoms with Crippen molar-refractivity contribution in [3.05, 3.63) is 69.0 Å². The minimum atomic E-state index is -0.711. The number of carbonyl (C=O) groups is 1. The highest BCUT2D eigenvalue weighted by Gasteiger charge is 2.25. The van der Waals surface area contributed by atoms with Crippen LogP contribution < -0.4 is 5.32 Å². The molecule has 1 N–H and O–H groups in total. The maximum Gasteiger partial charge on any atom is 0.319 e. The highest BCUT2D eigenvalue weighted by Crippen LogP contribution is 2.26. The molecule has 0 spiro atoms. The van der Waals surface area contributed by atoms with Crippen LogP contribution >= 0.6 is 11.6 Å². The van der Waals surface area contributed by atoms with Crippen LogP contribution in [0, 0.1) is 10.1 Å². The Hall–Kier alpha value is -2.47. The number of hydrogen-bond acceptors (Lipinski definition) is 4. The molecule has 0 bridgehead atoms. The number of rotatable bonds is 4. The summed E-state index contributed by atoms with van der Waals surface area (Å²) in [6.45, 7) is 1.79. The van der Waals surface area contributed by atoms with Crippen molar-refractivity contribution >= 4 is 23.2 Å². The van der Waals surface area contributed by atoms with E-state index >= 15 is 0 Å². The molecule has 108 valence electrons. The van der Waals surface area contributed by atoms with Crippen molar-refractivity contribution < 1.29 is 9.72 Å². The summed E-state index contributed by atoms with van der Waals surface area (Å²) < 4.78 is 0. The molecule has 6 nitrogen and oxygen atoms in total. The Morgan fingerprint density at radius 1 is 1.33 bits per heavy atom. The van der Waals surface area contributed by atoms with E-state index in [4.69, 9.17) is 11.6 Å². The Balaban J connectivity index is 2.26. The number of carbonyl (C=O) groups excluding carboxylic acids is 1. The number of nitro groups is 1. The summed E-state index contributed by atoms with van der Waals surface area (Å²) in [5.41, 5.74) is 0.299. The molecule has 0 aliphatic rings. The molecule has 1 unspecified atom stereocenters. The van der Waals surface area contributed by atoms with Gasteiger partial charge < -0.3 is 5.32 Å². The van der Waals surface area contributed by atoms with Crippen molar-refractivity contribution in [1.82, 2.24) is 10.3 Å². The van der Waals surface area contributed by atoms with E-state index in [1.807, 2.05) is 30.3 Å². The molecule has 1 atom stereocenters. The first-order valence-corrected chi connectivity index (χ1v) is 6.53. The summed E-state index contributed by atoms with van der Waals surface area (Å²) in [7, 11) is 0. The summed E-state index contributed by atoms with van der Waals surface area (Å²) in [5.74, 6) is -0.567. The number of benzene rings is 1. The van der Waals surface area contributed by atoms with Gasteiger partial charge in [-0.1, -0.05) is 41.9 Å². The monoisotopic (exact) mass is 305 g/mol. The zero-order chi connectivity index (χ0) is 15.4. The maximum atomic E-state index is 12.2. The van der Waals surface area contributed by atoms with Crippen molar-refractivity contribution in [1.29, 1.82) is 0 Å². The summed E-state index contributed by atoms with van der Waals surface area (Å²) >= 11 is 5.69. The largest absolute Gasteiger partial charge is 0.345 e. The van der Waals surface area contributed by atoms with Gasteiger partial charge >= 0.3 is 5.69 Å². The third-order valence-corrected chi connectivity index (χ3v) is 3.23. The number of halogens is 1. The van der Waals surface area contributed by atoms with Gasteiger partial charge in [0.05, 0.1) is 11.0 Å². The van der Waals surface area contributed by atoms with Crippen LogP contribution in [0.4, 0.5) is 5.69 Å². The number of hydrogen-bond donors (Lipinski definition) is 1. The smallest absolute Gasteiger partial charge is 0.319 e. The SMILES string of the molecule is CC(NC(=O)c1ccnc(Cl)c1[N+](=O)[O-])c1ccccc1. The van der Waals surface area contributed by atoms with Crippen molar-refractivity contribution in [2.24, 2.45) is 0 Å². The van der Waals surface area contributed by atoms with E-state index in [1.54, 1.807) is 6.92 Å². The molecule has 0 saturated heterocycles. The molecule has 0 aliphatic heterocycles. The summed E-state index contributed by atoms with van der Waals surface area (Å²) in [6.07, 6.45) is 1.26. The van der Waals surface area contributed by atoms with Gasteiger partial charge in [0.25, 0.3) is 5.91 Å². The van der Waals surface area contributed by atoms with Crippen LogP contribution in [0.1, 0.15) is 28.9 Å². The number of aromatic nitrogens is 1. The van der Waals surface area contributed by atoms with Crippen LogP contribution in [0.25, 0.3) is 0 Å². The zero-order valence-corrected chi connectivity index (χ0v) is 11.9. The van der Waals surface area contributed by atoms with Crippen LogP contribution in [0.2, 0.25) is 5.15 Å². The Kier molecular flexibility index (Phi) is 4.49. The Labute approximate surface area is 125 Å². The molecule has 1 heterocycles. The molecule has 1 aromatic heterocycles. The van der Waals surface area contributed by atoms with E-state index < -0.39 is 16.5 Å². The second-order valence-corrected chi connectivity index (χ2v) is 4.72. The molecule has 0 aliphatic carbocycles. The van der Waals surface area contributed by atoms with E-state index in [0.717, 1.165) is 5.56 Å². The van der Waals surface area contributed by atoms with E-state index in [-0.39, 0.29) is 16.8 Å². The van der Waals surface area contributed by atoms with E-state index in [9.17, 15) is 14.9 Å². The standard InChI is InChI=1S/C14H12ClN3O3/c1-9(10-5-3-2-4-6-10)17-14(19)11-7-8-16-13(15)12(11)18(20)21/h2-9H,1H3,(H,17,19). The molecule has 0 radical (unpaired) electrons. The molecule has 0 fully saturated rings. The highest BCUT2D eigenvalue weighted by atomic mass is 35.5. The molecular formula is C14H12ClN3O3. The van der Waals surface area contributed by atoms with Gasteiger partial charge in [0.15, 0.2) is 0 Å². The quantitative estimate of drug-likeness (QED) is 0.534. The predicted octanol–water partition coefficient (Wildman–Crippen LogP) is 3.13. The second kappa shape index (κ2) is 6.32. The molecule has 21 heavy (non-hydrogen) atoms.